The zero-order chi connectivity index (χ0) is 13.4. The number of nitrogens with zero attached hydrogens (tertiary/aromatic N) is 2. The summed E-state index contributed by atoms with van der Waals surface area (Å²) in [6, 6.07) is 9.21. The Kier molecular flexibility index (Phi) is 2.93. The van der Waals surface area contributed by atoms with Gasteiger partial charge < -0.3 is 5.11 Å². The van der Waals surface area contributed by atoms with Crippen LogP contribution in [0.25, 0.3) is 22.2 Å². The maximum atomic E-state index is 10.8. The summed E-state index contributed by atoms with van der Waals surface area (Å²) in [5, 5.41) is 12.1. The molecule has 6 heteroatoms. The van der Waals surface area contributed by atoms with Crippen LogP contribution in [0.4, 0.5) is 0 Å². The summed E-state index contributed by atoms with van der Waals surface area (Å²) in [4.78, 5) is 19.1. The van der Waals surface area contributed by atoms with Gasteiger partial charge in [-0.1, -0.05) is 17.7 Å². The fourth-order valence-corrected chi connectivity index (χ4v) is 2.58. The van der Waals surface area contributed by atoms with Crippen LogP contribution < -0.4 is 0 Å². The minimum absolute atomic E-state index is 0.0873. The molecule has 3 rings (SSSR count). The van der Waals surface area contributed by atoms with Crippen molar-refractivity contribution in [3.63, 3.8) is 0 Å². The number of hydrogen-bond acceptors (Lipinski definition) is 4. The molecule has 0 spiro atoms. The van der Waals surface area contributed by atoms with E-state index in [9.17, 15) is 4.79 Å². The highest BCUT2D eigenvalue weighted by atomic mass is 35.5. The molecule has 0 aliphatic rings. The predicted octanol–water partition coefficient (Wildman–Crippen LogP) is 3.71. The van der Waals surface area contributed by atoms with Gasteiger partial charge in [0.05, 0.1) is 11.2 Å². The van der Waals surface area contributed by atoms with Crippen molar-refractivity contribution >= 4 is 39.8 Å². The molecule has 0 saturated carbocycles. The first-order valence-corrected chi connectivity index (χ1v) is 6.65. The maximum absolute atomic E-state index is 10.8. The standard InChI is InChI=1S/C13H7ClN2O2S/c14-11-4-2-7-5-8(1-3-9(7)15-11)10-6-19-12(16-10)13(17)18/h1-6H,(H,17,18). The van der Waals surface area contributed by atoms with Crippen molar-refractivity contribution < 1.29 is 9.90 Å². The number of carboxylic acids is 1. The molecule has 0 fully saturated rings. The maximum Gasteiger partial charge on any atom is 0.365 e. The number of hydrogen-bond donors (Lipinski definition) is 1. The molecule has 0 aliphatic carbocycles. The third kappa shape index (κ3) is 2.30. The molecule has 2 aromatic heterocycles. The van der Waals surface area contributed by atoms with Crippen molar-refractivity contribution in [2.24, 2.45) is 0 Å². The minimum atomic E-state index is -1.01. The van der Waals surface area contributed by atoms with E-state index in [2.05, 4.69) is 9.97 Å². The normalized spacial score (nSPS) is 10.8. The van der Waals surface area contributed by atoms with E-state index in [1.54, 1.807) is 11.4 Å². The smallest absolute Gasteiger partial charge is 0.365 e. The Morgan fingerprint density at radius 3 is 2.79 bits per heavy atom. The lowest BCUT2D eigenvalue weighted by molar-refractivity contribution is 0.0696. The predicted molar refractivity (Wildman–Crippen MR) is 74.8 cm³/mol. The van der Waals surface area contributed by atoms with Gasteiger partial charge in [0.1, 0.15) is 5.15 Å². The van der Waals surface area contributed by atoms with Gasteiger partial charge in [0.2, 0.25) is 5.01 Å². The van der Waals surface area contributed by atoms with Gasteiger partial charge in [-0.15, -0.1) is 11.3 Å². The molecule has 19 heavy (non-hydrogen) atoms. The quantitative estimate of drug-likeness (QED) is 0.731. The molecule has 0 unspecified atom stereocenters. The van der Waals surface area contributed by atoms with Crippen LogP contribution in [-0.4, -0.2) is 21.0 Å². The van der Waals surface area contributed by atoms with Crippen LogP contribution in [0, 0.1) is 0 Å². The fourth-order valence-electron chi connectivity index (χ4n) is 1.76. The summed E-state index contributed by atoms with van der Waals surface area (Å²) in [6.07, 6.45) is 0. The molecule has 0 atom stereocenters. The highest BCUT2D eigenvalue weighted by Gasteiger charge is 2.10. The minimum Gasteiger partial charge on any atom is -0.476 e. The fraction of sp³-hybridized carbons (Fsp3) is 0. The lowest BCUT2D eigenvalue weighted by Gasteiger charge is -2.01. The third-order valence-electron chi connectivity index (χ3n) is 2.64. The summed E-state index contributed by atoms with van der Waals surface area (Å²) in [6.45, 7) is 0. The van der Waals surface area contributed by atoms with Crippen LogP contribution in [0.5, 0.6) is 0 Å². The molecule has 0 aliphatic heterocycles. The van der Waals surface area contributed by atoms with Crippen LogP contribution in [0.2, 0.25) is 5.15 Å². The highest BCUT2D eigenvalue weighted by molar-refractivity contribution is 7.11. The van der Waals surface area contributed by atoms with Gasteiger partial charge in [0.15, 0.2) is 0 Å². The zero-order valence-electron chi connectivity index (χ0n) is 9.50. The number of halogens is 1. The molecule has 0 radical (unpaired) electrons. The summed E-state index contributed by atoms with van der Waals surface area (Å²) in [5.74, 6) is -1.01. The Labute approximate surface area is 117 Å². The molecule has 4 nitrogen and oxygen atoms in total. The number of carbonyl (C=O) groups is 1. The molecule has 0 amide bonds. The van der Waals surface area contributed by atoms with Crippen molar-refractivity contribution in [1.29, 1.82) is 0 Å². The number of carboxylic acid groups (broad SMARTS) is 1. The molecule has 3 aromatic rings. The molecule has 0 saturated heterocycles. The topological polar surface area (TPSA) is 63.1 Å². The van der Waals surface area contributed by atoms with E-state index in [1.165, 1.54) is 0 Å². The summed E-state index contributed by atoms with van der Waals surface area (Å²) >= 11 is 6.94. The lowest BCUT2D eigenvalue weighted by Crippen LogP contribution is -1.94. The second-order valence-electron chi connectivity index (χ2n) is 3.88. The van der Waals surface area contributed by atoms with E-state index in [1.807, 2.05) is 24.3 Å². The Morgan fingerprint density at radius 2 is 2.05 bits per heavy atom. The third-order valence-corrected chi connectivity index (χ3v) is 3.68. The summed E-state index contributed by atoms with van der Waals surface area (Å²) in [7, 11) is 0. The molecule has 94 valence electrons. The van der Waals surface area contributed by atoms with Crippen molar-refractivity contribution in [2.45, 2.75) is 0 Å². The largest absolute Gasteiger partial charge is 0.476 e. The number of fused-ring (bicyclic) bond motifs is 1. The van der Waals surface area contributed by atoms with Gasteiger partial charge in [0, 0.05) is 16.3 Å². The number of rotatable bonds is 2. The van der Waals surface area contributed by atoms with Crippen LogP contribution in [-0.2, 0) is 0 Å². The van der Waals surface area contributed by atoms with Gasteiger partial charge in [-0.25, -0.2) is 14.8 Å². The zero-order valence-corrected chi connectivity index (χ0v) is 11.1. The van der Waals surface area contributed by atoms with Gasteiger partial charge >= 0.3 is 5.97 Å². The van der Waals surface area contributed by atoms with E-state index >= 15 is 0 Å². The molecule has 2 heterocycles. The second kappa shape index (κ2) is 4.60. The van der Waals surface area contributed by atoms with Crippen LogP contribution >= 0.6 is 22.9 Å². The Balaban J connectivity index is 2.09. The molecule has 0 bridgehead atoms. The van der Waals surface area contributed by atoms with E-state index in [-0.39, 0.29) is 5.01 Å². The first-order chi connectivity index (χ1) is 9.13. The first-order valence-electron chi connectivity index (χ1n) is 5.39. The Hall–Kier alpha value is -1.98. The molecular weight excluding hydrogens is 284 g/mol. The van der Waals surface area contributed by atoms with Gasteiger partial charge in [-0.05, 0) is 24.3 Å². The second-order valence-corrected chi connectivity index (χ2v) is 5.13. The average molecular weight is 291 g/mol. The number of benzene rings is 1. The van der Waals surface area contributed by atoms with Crippen molar-refractivity contribution in [3.8, 4) is 11.3 Å². The van der Waals surface area contributed by atoms with E-state index in [0.29, 0.717) is 10.8 Å². The van der Waals surface area contributed by atoms with E-state index in [4.69, 9.17) is 16.7 Å². The van der Waals surface area contributed by atoms with Crippen LogP contribution in [0.1, 0.15) is 9.80 Å². The van der Waals surface area contributed by atoms with E-state index < -0.39 is 5.97 Å². The molecule has 1 N–H and O–H groups in total. The van der Waals surface area contributed by atoms with Gasteiger partial charge in [-0.2, -0.15) is 0 Å². The lowest BCUT2D eigenvalue weighted by atomic mass is 10.1. The molecular formula is C13H7ClN2O2S. The first kappa shape index (κ1) is 12.1. The Morgan fingerprint density at radius 1 is 1.21 bits per heavy atom. The number of thiazole rings is 1. The summed E-state index contributed by atoms with van der Waals surface area (Å²) < 4.78 is 0. The number of pyridine rings is 1. The molecule has 1 aromatic carbocycles. The van der Waals surface area contributed by atoms with Crippen molar-refractivity contribution in [1.82, 2.24) is 9.97 Å². The van der Waals surface area contributed by atoms with E-state index in [0.717, 1.165) is 27.8 Å². The monoisotopic (exact) mass is 290 g/mol. The van der Waals surface area contributed by atoms with Crippen molar-refractivity contribution in [2.75, 3.05) is 0 Å². The Bertz CT molecular complexity index is 785. The average Bonchev–Trinajstić information content (AvgIpc) is 2.88. The van der Waals surface area contributed by atoms with Gasteiger partial charge in [-0.3, -0.25) is 0 Å². The highest BCUT2D eigenvalue weighted by Crippen LogP contribution is 2.25. The summed E-state index contributed by atoms with van der Waals surface area (Å²) in [5.41, 5.74) is 2.31. The van der Waals surface area contributed by atoms with Crippen LogP contribution in [0.3, 0.4) is 0 Å². The number of aromatic carboxylic acids is 1. The van der Waals surface area contributed by atoms with Crippen molar-refractivity contribution in [3.05, 3.63) is 45.9 Å². The number of aromatic nitrogens is 2. The van der Waals surface area contributed by atoms with Crippen LogP contribution in [0.15, 0.2) is 35.7 Å². The SMILES string of the molecule is O=C(O)c1nc(-c2ccc3nc(Cl)ccc3c2)cs1. The van der Waals surface area contributed by atoms with Gasteiger partial charge in [0.25, 0.3) is 0 Å².